The molecule has 0 amide bonds. The fraction of sp³-hybridized carbons (Fsp3) is 1.00. The summed E-state index contributed by atoms with van der Waals surface area (Å²) in [6.07, 6.45) is 3.69. The summed E-state index contributed by atoms with van der Waals surface area (Å²) in [6, 6.07) is 0.762. The van der Waals surface area contributed by atoms with Gasteiger partial charge in [-0.05, 0) is 31.6 Å². The molecule has 0 aromatic carbocycles. The maximum atomic E-state index is 3.50. The van der Waals surface area contributed by atoms with Gasteiger partial charge in [-0.15, -0.1) is 0 Å². The van der Waals surface area contributed by atoms with Crippen molar-refractivity contribution in [2.45, 2.75) is 24.6 Å². The van der Waals surface area contributed by atoms with Crippen LogP contribution in [0.1, 0.15) is 13.3 Å². The van der Waals surface area contributed by atoms with Crippen molar-refractivity contribution in [2.75, 3.05) is 32.9 Å². The Morgan fingerprint density at radius 3 is 2.71 bits per heavy atom. The number of nitrogens with one attached hydrogen (secondary N) is 1. The first-order valence-corrected chi connectivity index (χ1v) is 6.95. The highest BCUT2D eigenvalue weighted by molar-refractivity contribution is 7.99. The minimum atomic E-state index is 0.762. The molecule has 1 aliphatic carbocycles. The van der Waals surface area contributed by atoms with Crippen LogP contribution in [0.5, 0.6) is 0 Å². The second-order valence-electron chi connectivity index (χ2n) is 4.91. The molecule has 0 aromatic rings. The largest absolute Gasteiger partial charge is 0.314 e. The monoisotopic (exact) mass is 214 g/mol. The van der Waals surface area contributed by atoms with Crippen molar-refractivity contribution in [3.63, 3.8) is 0 Å². The minimum absolute atomic E-state index is 0.762. The van der Waals surface area contributed by atoms with Crippen LogP contribution in [-0.2, 0) is 0 Å². The summed E-state index contributed by atoms with van der Waals surface area (Å²) >= 11 is 2.01. The Balaban J connectivity index is 1.80. The number of rotatable bonds is 4. The molecule has 0 spiro atoms. The molecule has 0 radical (unpaired) electrons. The van der Waals surface area contributed by atoms with Gasteiger partial charge in [0.15, 0.2) is 0 Å². The van der Waals surface area contributed by atoms with E-state index in [1.807, 2.05) is 11.8 Å². The van der Waals surface area contributed by atoms with Gasteiger partial charge in [-0.25, -0.2) is 0 Å². The van der Waals surface area contributed by atoms with Crippen LogP contribution in [0.2, 0.25) is 0 Å². The zero-order valence-electron chi connectivity index (χ0n) is 9.49. The Hall–Kier alpha value is 0.270. The van der Waals surface area contributed by atoms with Gasteiger partial charge in [0, 0.05) is 30.9 Å². The van der Waals surface area contributed by atoms with Crippen molar-refractivity contribution >= 4 is 11.8 Å². The van der Waals surface area contributed by atoms with Gasteiger partial charge in [0.05, 0.1) is 0 Å². The fourth-order valence-corrected chi connectivity index (χ4v) is 3.38. The molecular weight excluding hydrogens is 192 g/mol. The molecule has 2 aliphatic rings. The van der Waals surface area contributed by atoms with Crippen molar-refractivity contribution in [3.05, 3.63) is 0 Å². The quantitative estimate of drug-likeness (QED) is 0.759. The lowest BCUT2D eigenvalue weighted by molar-refractivity contribution is 0.247. The van der Waals surface area contributed by atoms with Crippen LogP contribution in [-0.4, -0.2) is 49.1 Å². The Kier molecular flexibility index (Phi) is 3.40. The molecule has 2 rings (SSSR count). The van der Waals surface area contributed by atoms with Gasteiger partial charge < -0.3 is 10.2 Å². The Morgan fingerprint density at radius 2 is 2.14 bits per heavy atom. The normalized spacial score (nSPS) is 42.0. The molecule has 82 valence electrons. The van der Waals surface area contributed by atoms with Crippen LogP contribution in [0.3, 0.4) is 0 Å². The predicted molar refractivity (Wildman–Crippen MR) is 63.9 cm³/mol. The van der Waals surface area contributed by atoms with Crippen LogP contribution in [0.25, 0.3) is 0 Å². The van der Waals surface area contributed by atoms with Gasteiger partial charge in [-0.1, -0.05) is 6.92 Å². The van der Waals surface area contributed by atoms with Crippen LogP contribution >= 0.6 is 11.8 Å². The Morgan fingerprint density at radius 1 is 1.43 bits per heavy atom. The molecule has 1 N–H and O–H groups in total. The highest BCUT2D eigenvalue weighted by atomic mass is 32.2. The van der Waals surface area contributed by atoms with Crippen LogP contribution < -0.4 is 5.32 Å². The van der Waals surface area contributed by atoms with E-state index in [2.05, 4.69) is 30.4 Å². The molecule has 1 aliphatic heterocycles. The van der Waals surface area contributed by atoms with E-state index in [1.54, 1.807) is 0 Å². The second-order valence-corrected chi connectivity index (χ2v) is 5.99. The summed E-state index contributed by atoms with van der Waals surface area (Å²) in [4.78, 5) is 2.58. The van der Waals surface area contributed by atoms with Crippen molar-refractivity contribution in [3.8, 4) is 0 Å². The van der Waals surface area contributed by atoms with Crippen LogP contribution in [0.4, 0.5) is 0 Å². The van der Waals surface area contributed by atoms with Crippen LogP contribution in [0, 0.1) is 11.8 Å². The van der Waals surface area contributed by atoms with E-state index in [1.165, 1.54) is 26.1 Å². The summed E-state index contributed by atoms with van der Waals surface area (Å²) in [5, 5.41) is 4.30. The minimum Gasteiger partial charge on any atom is -0.314 e. The van der Waals surface area contributed by atoms with Gasteiger partial charge in [0.25, 0.3) is 0 Å². The first-order chi connectivity index (χ1) is 6.72. The lowest BCUT2D eigenvalue weighted by Crippen LogP contribution is -2.40. The molecular formula is C11H22N2S. The molecule has 3 heteroatoms. The molecule has 1 heterocycles. The molecule has 1 saturated carbocycles. The lowest BCUT2D eigenvalue weighted by atomic mass is 10.2. The summed E-state index contributed by atoms with van der Waals surface area (Å²) in [5.41, 5.74) is 0. The van der Waals surface area contributed by atoms with Crippen molar-refractivity contribution < 1.29 is 0 Å². The van der Waals surface area contributed by atoms with Crippen molar-refractivity contribution in [1.29, 1.82) is 0 Å². The maximum Gasteiger partial charge on any atom is 0.0348 e. The van der Waals surface area contributed by atoms with Gasteiger partial charge in [0.1, 0.15) is 0 Å². The van der Waals surface area contributed by atoms with E-state index in [9.17, 15) is 0 Å². The average molecular weight is 214 g/mol. The molecule has 2 nitrogen and oxygen atoms in total. The third kappa shape index (κ3) is 2.26. The lowest BCUT2D eigenvalue weighted by Gasteiger charge is -2.28. The molecule has 1 saturated heterocycles. The van der Waals surface area contributed by atoms with Gasteiger partial charge in [0.2, 0.25) is 0 Å². The van der Waals surface area contributed by atoms with E-state index in [0.717, 1.165) is 23.1 Å². The van der Waals surface area contributed by atoms with E-state index >= 15 is 0 Å². The number of nitrogens with zero attached hydrogens (tertiary/aromatic N) is 1. The van der Waals surface area contributed by atoms with Gasteiger partial charge in [-0.3, -0.25) is 0 Å². The zero-order valence-corrected chi connectivity index (χ0v) is 10.3. The molecule has 4 unspecified atom stereocenters. The maximum absolute atomic E-state index is 3.50. The van der Waals surface area contributed by atoms with E-state index < -0.39 is 0 Å². The number of likely N-dealkylation sites (N-methyl/N-ethyl adjacent to an activating group) is 1. The highest BCUT2D eigenvalue weighted by Gasteiger charge is 2.37. The standard InChI is InChI=1S/C11H22N2S/c1-8-4-9(8)7-13(2)10-5-12-6-11(10)14-3/h8-12H,4-7H2,1-3H3. The number of hydrogen-bond acceptors (Lipinski definition) is 3. The topological polar surface area (TPSA) is 15.3 Å². The Bertz CT molecular complexity index is 198. The predicted octanol–water partition coefficient (Wildman–Crippen LogP) is 1.28. The highest BCUT2D eigenvalue weighted by Crippen LogP contribution is 2.38. The average Bonchev–Trinajstić information content (AvgIpc) is 2.72. The smallest absolute Gasteiger partial charge is 0.0348 e. The van der Waals surface area contributed by atoms with Crippen molar-refractivity contribution in [1.82, 2.24) is 10.2 Å². The second kappa shape index (κ2) is 4.42. The van der Waals surface area contributed by atoms with E-state index in [4.69, 9.17) is 0 Å². The first kappa shape index (κ1) is 10.8. The third-order valence-electron chi connectivity index (χ3n) is 3.80. The molecule has 14 heavy (non-hydrogen) atoms. The third-order valence-corrected chi connectivity index (χ3v) is 4.88. The van der Waals surface area contributed by atoms with Crippen molar-refractivity contribution in [2.24, 2.45) is 11.8 Å². The van der Waals surface area contributed by atoms with Gasteiger partial charge >= 0.3 is 0 Å². The van der Waals surface area contributed by atoms with Gasteiger partial charge in [-0.2, -0.15) is 11.8 Å². The molecule has 0 bridgehead atoms. The first-order valence-electron chi connectivity index (χ1n) is 5.66. The number of thioether (sulfide) groups is 1. The molecule has 2 fully saturated rings. The molecule has 0 aromatic heterocycles. The fourth-order valence-electron chi connectivity index (χ4n) is 2.48. The Labute approximate surface area is 91.8 Å². The summed E-state index contributed by atoms with van der Waals surface area (Å²) < 4.78 is 0. The number of hydrogen-bond donors (Lipinski definition) is 1. The summed E-state index contributed by atoms with van der Waals surface area (Å²) in [6.45, 7) is 6.06. The van der Waals surface area contributed by atoms with Crippen LogP contribution in [0.15, 0.2) is 0 Å². The van der Waals surface area contributed by atoms with E-state index in [-0.39, 0.29) is 0 Å². The van der Waals surface area contributed by atoms with E-state index in [0.29, 0.717) is 0 Å². The summed E-state index contributed by atoms with van der Waals surface area (Å²) in [7, 11) is 2.30. The SMILES string of the molecule is CSC1CNCC1N(C)CC1CC1C. The molecule has 4 atom stereocenters. The summed E-state index contributed by atoms with van der Waals surface area (Å²) in [5.74, 6) is 1.97. The zero-order chi connectivity index (χ0) is 10.1.